The number of hydrogen-bond acceptors (Lipinski definition) is 3. The van der Waals surface area contributed by atoms with E-state index in [0.717, 1.165) is 33.5 Å². The molecule has 5 rings (SSSR count). The van der Waals surface area contributed by atoms with Crippen LogP contribution in [0.5, 0.6) is 0 Å². The Morgan fingerprint density at radius 2 is 1.74 bits per heavy atom. The monoisotopic (exact) mass is 372 g/mol. The third-order valence-electron chi connectivity index (χ3n) is 5.25. The molecule has 2 bridgehead atoms. The fourth-order valence-corrected chi connectivity index (χ4v) is 4.38. The van der Waals surface area contributed by atoms with Gasteiger partial charge in [-0.15, -0.1) is 0 Å². The van der Waals surface area contributed by atoms with E-state index in [1.165, 1.54) is 0 Å². The molecule has 1 aliphatic heterocycles. The Morgan fingerprint density at radius 1 is 1.13 bits per heavy atom. The molecule has 2 amide bonds. The van der Waals surface area contributed by atoms with Crippen molar-refractivity contribution in [2.24, 2.45) is 28.8 Å². The number of aryl methyl sites for hydroxylation is 1. The maximum absolute atomic E-state index is 12.6. The fraction of sp³-hybridized carbons (Fsp3) is 0.389. The van der Waals surface area contributed by atoms with E-state index in [4.69, 9.17) is 0 Å². The summed E-state index contributed by atoms with van der Waals surface area (Å²) in [5.41, 5.74) is 1.99. The van der Waals surface area contributed by atoms with Gasteiger partial charge in [-0.2, -0.15) is 10.1 Å². The number of carbonyl (C=O) groups is 2. The lowest BCUT2D eigenvalue weighted by Gasteiger charge is -2.37. The molecule has 4 nitrogen and oxygen atoms in total. The molecule has 23 heavy (non-hydrogen) atoms. The van der Waals surface area contributed by atoms with E-state index in [0.29, 0.717) is 0 Å². The lowest BCUT2D eigenvalue weighted by molar-refractivity contribution is -0.140. The number of hydrazone groups is 1. The molecule has 0 unspecified atom stereocenters. The molecule has 4 aliphatic rings. The highest BCUT2D eigenvalue weighted by atomic mass is 79.9. The van der Waals surface area contributed by atoms with E-state index in [-0.39, 0.29) is 35.5 Å². The summed E-state index contributed by atoms with van der Waals surface area (Å²) in [6.45, 7) is 2.01. The van der Waals surface area contributed by atoms with E-state index in [1.807, 2.05) is 25.1 Å². The average Bonchev–Trinajstić information content (AvgIpc) is 2.83. The SMILES string of the molecule is Cc1ccc(/C=N\N2C(=O)[C@@H]3[C@H](C2=O)[C@@H]2C=C[C@@H]3CC2)cc1Br. The summed E-state index contributed by atoms with van der Waals surface area (Å²) in [7, 11) is 0. The molecule has 1 aromatic rings. The molecule has 1 saturated carbocycles. The first kappa shape index (κ1) is 14.8. The van der Waals surface area contributed by atoms with Crippen LogP contribution in [0.15, 0.2) is 39.9 Å². The van der Waals surface area contributed by atoms with E-state index < -0.39 is 0 Å². The number of nitrogens with zero attached hydrogens (tertiary/aromatic N) is 2. The Kier molecular flexibility index (Phi) is 3.48. The van der Waals surface area contributed by atoms with E-state index in [2.05, 4.69) is 33.2 Å². The number of carbonyl (C=O) groups excluding carboxylic acids is 2. The van der Waals surface area contributed by atoms with Crippen LogP contribution in [0.3, 0.4) is 0 Å². The van der Waals surface area contributed by atoms with Gasteiger partial charge in [0.25, 0.3) is 11.8 Å². The van der Waals surface area contributed by atoms with Gasteiger partial charge in [0, 0.05) is 4.47 Å². The van der Waals surface area contributed by atoms with Crippen LogP contribution in [0, 0.1) is 30.6 Å². The second kappa shape index (κ2) is 5.41. The zero-order valence-electron chi connectivity index (χ0n) is 12.8. The average molecular weight is 373 g/mol. The Balaban J connectivity index is 1.60. The molecule has 118 valence electrons. The maximum Gasteiger partial charge on any atom is 0.254 e. The molecule has 5 heteroatoms. The van der Waals surface area contributed by atoms with Gasteiger partial charge in [0.05, 0.1) is 18.1 Å². The number of halogens is 1. The fourth-order valence-electron chi connectivity index (χ4n) is 3.99. The summed E-state index contributed by atoms with van der Waals surface area (Å²) in [6, 6.07) is 5.83. The smallest absolute Gasteiger partial charge is 0.254 e. The van der Waals surface area contributed by atoms with Gasteiger partial charge in [0.2, 0.25) is 0 Å². The molecule has 1 aromatic carbocycles. The Bertz CT molecular complexity index is 723. The molecule has 0 N–H and O–H groups in total. The van der Waals surface area contributed by atoms with Crippen LogP contribution in [0.2, 0.25) is 0 Å². The van der Waals surface area contributed by atoms with Crippen LogP contribution in [0.4, 0.5) is 0 Å². The molecule has 0 spiro atoms. The summed E-state index contributed by atoms with van der Waals surface area (Å²) >= 11 is 3.48. The molecule has 1 heterocycles. The molecule has 3 aliphatic carbocycles. The molecular weight excluding hydrogens is 356 g/mol. The van der Waals surface area contributed by atoms with Crippen LogP contribution in [-0.2, 0) is 9.59 Å². The topological polar surface area (TPSA) is 49.7 Å². The van der Waals surface area contributed by atoms with Crippen molar-refractivity contribution in [1.29, 1.82) is 0 Å². The van der Waals surface area contributed by atoms with Crippen molar-refractivity contribution >= 4 is 34.0 Å². The number of hydrogen-bond donors (Lipinski definition) is 0. The van der Waals surface area contributed by atoms with E-state index in [1.54, 1.807) is 6.21 Å². The zero-order chi connectivity index (χ0) is 16.1. The van der Waals surface area contributed by atoms with Crippen molar-refractivity contribution < 1.29 is 9.59 Å². The summed E-state index contributed by atoms with van der Waals surface area (Å²) in [5, 5.41) is 5.31. The Morgan fingerprint density at radius 3 is 2.26 bits per heavy atom. The predicted molar refractivity (Wildman–Crippen MR) is 90.7 cm³/mol. The van der Waals surface area contributed by atoms with Gasteiger partial charge < -0.3 is 0 Å². The minimum atomic E-state index is -0.201. The van der Waals surface area contributed by atoms with Crippen molar-refractivity contribution in [3.05, 3.63) is 46.0 Å². The van der Waals surface area contributed by atoms with Crippen LogP contribution >= 0.6 is 15.9 Å². The van der Waals surface area contributed by atoms with E-state index >= 15 is 0 Å². The Hall–Kier alpha value is -1.75. The van der Waals surface area contributed by atoms with Crippen LogP contribution in [0.25, 0.3) is 0 Å². The standard InChI is InChI=1S/C18H17BrN2O2/c1-10-2-3-11(8-14(10)19)9-20-21-17(22)15-12-4-5-13(7-6-12)16(15)18(21)23/h2-5,8-9,12-13,15-16H,6-7H2,1H3/b20-9-/t12-,13-,15-,16+/m1/s1. The van der Waals surface area contributed by atoms with Gasteiger partial charge >= 0.3 is 0 Å². The molecule has 4 atom stereocenters. The lowest BCUT2D eigenvalue weighted by Crippen LogP contribution is -2.38. The van der Waals surface area contributed by atoms with Gasteiger partial charge in [0.1, 0.15) is 0 Å². The highest BCUT2D eigenvalue weighted by molar-refractivity contribution is 9.10. The number of rotatable bonds is 2. The number of benzene rings is 1. The lowest BCUT2D eigenvalue weighted by atomic mass is 9.63. The number of fused-ring (bicyclic) bond motifs is 1. The molecule has 1 saturated heterocycles. The maximum atomic E-state index is 12.6. The third kappa shape index (κ3) is 2.29. The summed E-state index contributed by atoms with van der Waals surface area (Å²) in [4.78, 5) is 25.3. The second-order valence-corrected chi connectivity index (χ2v) is 7.44. The zero-order valence-corrected chi connectivity index (χ0v) is 14.4. The predicted octanol–water partition coefficient (Wildman–Crippen LogP) is 3.29. The number of imide groups is 1. The second-order valence-electron chi connectivity index (χ2n) is 6.58. The minimum absolute atomic E-state index is 0.138. The first-order valence-electron chi connectivity index (χ1n) is 7.92. The van der Waals surface area contributed by atoms with Crippen molar-refractivity contribution in [2.45, 2.75) is 19.8 Å². The summed E-state index contributed by atoms with van der Waals surface area (Å²) in [6.07, 6.45) is 7.83. The highest BCUT2D eigenvalue weighted by Crippen LogP contribution is 2.49. The molecule has 0 radical (unpaired) electrons. The van der Waals surface area contributed by atoms with Crippen molar-refractivity contribution in [2.75, 3.05) is 0 Å². The number of amides is 2. The van der Waals surface area contributed by atoms with Crippen molar-refractivity contribution in [3.63, 3.8) is 0 Å². The summed E-state index contributed by atoms with van der Waals surface area (Å²) < 4.78 is 0.983. The largest absolute Gasteiger partial charge is 0.272 e. The first-order valence-corrected chi connectivity index (χ1v) is 8.72. The van der Waals surface area contributed by atoms with Gasteiger partial charge in [-0.3, -0.25) is 9.59 Å². The van der Waals surface area contributed by atoms with Crippen LogP contribution < -0.4 is 0 Å². The van der Waals surface area contributed by atoms with Gasteiger partial charge in [-0.1, -0.05) is 40.2 Å². The quantitative estimate of drug-likeness (QED) is 0.454. The first-order chi connectivity index (χ1) is 11.1. The van der Waals surface area contributed by atoms with Gasteiger partial charge in [0.15, 0.2) is 0 Å². The minimum Gasteiger partial charge on any atom is -0.272 e. The van der Waals surface area contributed by atoms with Gasteiger partial charge in [-0.05, 0) is 48.8 Å². The third-order valence-corrected chi connectivity index (χ3v) is 6.11. The normalized spacial score (nSPS) is 32.2. The summed E-state index contributed by atoms with van der Waals surface area (Å²) in [5.74, 6) is -0.269. The van der Waals surface area contributed by atoms with Crippen LogP contribution in [-0.4, -0.2) is 23.0 Å². The van der Waals surface area contributed by atoms with E-state index in [9.17, 15) is 9.59 Å². The van der Waals surface area contributed by atoms with Gasteiger partial charge in [-0.25, -0.2) is 0 Å². The molecular formula is C18H17BrN2O2. The van der Waals surface area contributed by atoms with Crippen molar-refractivity contribution in [3.8, 4) is 0 Å². The molecule has 0 aromatic heterocycles. The Labute approximate surface area is 143 Å². The number of allylic oxidation sites excluding steroid dienone is 2. The highest BCUT2D eigenvalue weighted by Gasteiger charge is 2.56. The molecule has 2 fully saturated rings. The van der Waals surface area contributed by atoms with Crippen molar-refractivity contribution in [1.82, 2.24) is 5.01 Å². The van der Waals surface area contributed by atoms with Crippen LogP contribution in [0.1, 0.15) is 24.0 Å².